The van der Waals surface area contributed by atoms with Crippen molar-refractivity contribution in [2.24, 2.45) is 40.4 Å². The van der Waals surface area contributed by atoms with E-state index in [1.54, 1.807) is 0 Å². The van der Waals surface area contributed by atoms with Crippen LogP contribution < -0.4 is 0 Å². The smallest absolute Gasteiger partial charge is 0.0855 e. The van der Waals surface area contributed by atoms with Crippen LogP contribution >= 0.6 is 0 Å². The van der Waals surface area contributed by atoms with Crippen LogP contribution in [0.5, 0.6) is 0 Å². The lowest BCUT2D eigenvalue weighted by atomic mass is 9.44. The second-order valence-electron chi connectivity index (χ2n) is 9.83. The zero-order valence-corrected chi connectivity index (χ0v) is 14.6. The molecule has 4 saturated carbocycles. The summed E-state index contributed by atoms with van der Waals surface area (Å²) in [7, 11) is 0. The molecule has 0 spiro atoms. The Balaban J connectivity index is 1.63. The van der Waals surface area contributed by atoms with Crippen molar-refractivity contribution in [2.75, 3.05) is 0 Å². The van der Waals surface area contributed by atoms with E-state index in [0.29, 0.717) is 11.3 Å². The summed E-state index contributed by atoms with van der Waals surface area (Å²) in [6.45, 7) is 7.28. The molecule has 22 heavy (non-hydrogen) atoms. The number of hydrogen-bond donors (Lipinski definition) is 2. The number of aliphatic hydroxyl groups is 2. The normalized spacial score (nSPS) is 61.2. The molecule has 0 radical (unpaired) electrons. The van der Waals surface area contributed by atoms with E-state index in [-0.39, 0.29) is 5.41 Å². The largest absolute Gasteiger partial charge is 0.390 e. The Morgan fingerprint density at radius 2 is 1.55 bits per heavy atom. The van der Waals surface area contributed by atoms with Crippen LogP contribution in [0.3, 0.4) is 0 Å². The molecule has 0 aromatic heterocycles. The summed E-state index contributed by atoms with van der Waals surface area (Å²) in [5.41, 5.74) is 0.515. The van der Waals surface area contributed by atoms with E-state index in [1.807, 2.05) is 0 Å². The minimum atomic E-state index is -0.490. The summed E-state index contributed by atoms with van der Waals surface area (Å²) in [5, 5.41) is 20.8. The molecule has 4 aliphatic rings. The van der Waals surface area contributed by atoms with Crippen molar-refractivity contribution < 1.29 is 10.2 Å². The Bertz CT molecular complexity index is 449. The summed E-state index contributed by atoms with van der Waals surface area (Å²) in [5.74, 6) is 3.99. The van der Waals surface area contributed by atoms with Crippen LogP contribution in [0.2, 0.25) is 0 Å². The first-order valence-electron chi connectivity index (χ1n) is 9.72. The van der Waals surface area contributed by atoms with Gasteiger partial charge in [-0.2, -0.15) is 0 Å². The van der Waals surface area contributed by atoms with Gasteiger partial charge in [0.05, 0.1) is 12.2 Å². The maximum Gasteiger partial charge on any atom is 0.0855 e. The number of rotatable bonds is 0. The van der Waals surface area contributed by atoms with Crippen LogP contribution in [0.15, 0.2) is 0 Å². The van der Waals surface area contributed by atoms with Crippen molar-refractivity contribution in [3.63, 3.8) is 0 Å². The van der Waals surface area contributed by atoms with Crippen molar-refractivity contribution in [1.29, 1.82) is 0 Å². The highest BCUT2D eigenvalue weighted by molar-refractivity contribution is 5.11. The van der Waals surface area contributed by atoms with Crippen LogP contribution in [0, 0.1) is 40.4 Å². The van der Waals surface area contributed by atoms with E-state index in [4.69, 9.17) is 0 Å². The van der Waals surface area contributed by atoms with Crippen LogP contribution in [-0.2, 0) is 0 Å². The second-order valence-corrected chi connectivity index (χ2v) is 9.83. The summed E-state index contributed by atoms with van der Waals surface area (Å²) < 4.78 is 0. The minimum absolute atomic E-state index is 0.0221. The van der Waals surface area contributed by atoms with Gasteiger partial charge >= 0.3 is 0 Å². The number of aliphatic hydroxyl groups excluding tert-OH is 2. The van der Waals surface area contributed by atoms with E-state index in [1.165, 1.54) is 38.5 Å². The molecule has 4 rings (SSSR count). The van der Waals surface area contributed by atoms with E-state index >= 15 is 0 Å². The first kappa shape index (κ1) is 15.4. The SMILES string of the molecule is CC1CC[C@@]2(C)C(CC[C@@H]3[C@H]2CC[C@]2(C)C(O)C(O)C[C@@H]32)C1. The molecule has 9 atom stereocenters. The highest BCUT2D eigenvalue weighted by Gasteiger charge is 2.61. The molecule has 4 aliphatic carbocycles. The van der Waals surface area contributed by atoms with Crippen LogP contribution in [-0.4, -0.2) is 22.4 Å². The van der Waals surface area contributed by atoms with Gasteiger partial charge in [-0.3, -0.25) is 0 Å². The van der Waals surface area contributed by atoms with Gasteiger partial charge in [-0.05, 0) is 85.4 Å². The number of hydrogen-bond acceptors (Lipinski definition) is 2. The average molecular weight is 306 g/mol. The number of fused-ring (bicyclic) bond motifs is 5. The maximum absolute atomic E-state index is 10.5. The maximum atomic E-state index is 10.5. The monoisotopic (exact) mass is 306 g/mol. The molecule has 0 aliphatic heterocycles. The molecular formula is C20H34O2. The Hall–Kier alpha value is -0.0800. The zero-order chi connectivity index (χ0) is 15.7. The van der Waals surface area contributed by atoms with Crippen LogP contribution in [0.25, 0.3) is 0 Å². The van der Waals surface area contributed by atoms with Crippen LogP contribution in [0.4, 0.5) is 0 Å². The topological polar surface area (TPSA) is 40.5 Å². The summed E-state index contributed by atoms with van der Waals surface area (Å²) in [4.78, 5) is 0. The first-order chi connectivity index (χ1) is 10.4. The molecule has 0 aromatic rings. The Labute approximate surface area is 135 Å². The summed E-state index contributed by atoms with van der Waals surface area (Å²) in [6.07, 6.45) is 9.26. The third-order valence-corrected chi connectivity index (χ3v) is 8.90. The summed E-state index contributed by atoms with van der Waals surface area (Å²) in [6, 6.07) is 0. The van der Waals surface area contributed by atoms with E-state index in [0.717, 1.165) is 36.5 Å². The molecule has 0 aromatic carbocycles. The molecule has 0 saturated heterocycles. The molecule has 126 valence electrons. The van der Waals surface area contributed by atoms with Gasteiger partial charge in [0.25, 0.3) is 0 Å². The van der Waals surface area contributed by atoms with E-state index in [2.05, 4.69) is 20.8 Å². The molecule has 0 amide bonds. The third kappa shape index (κ3) is 1.92. The fourth-order valence-electron chi connectivity index (χ4n) is 7.46. The minimum Gasteiger partial charge on any atom is -0.390 e. The first-order valence-corrected chi connectivity index (χ1v) is 9.72. The van der Waals surface area contributed by atoms with Crippen molar-refractivity contribution in [2.45, 2.75) is 84.3 Å². The van der Waals surface area contributed by atoms with E-state index < -0.39 is 12.2 Å². The Morgan fingerprint density at radius 1 is 0.818 bits per heavy atom. The standard InChI is InChI=1S/C20H34O2/c1-12-6-8-19(2)13(10-12)4-5-14-15(19)7-9-20(3)16(14)11-17(21)18(20)22/h12-18,21-22H,4-11H2,1-3H3/t12?,13?,14-,15-,16+,17?,18?,19+,20+/m1/s1. The lowest BCUT2D eigenvalue weighted by Gasteiger charge is -2.60. The van der Waals surface area contributed by atoms with Gasteiger partial charge in [0.15, 0.2) is 0 Å². The van der Waals surface area contributed by atoms with Gasteiger partial charge in [-0.15, -0.1) is 0 Å². The fourth-order valence-corrected chi connectivity index (χ4v) is 7.46. The Kier molecular flexibility index (Phi) is 3.48. The predicted octanol–water partition coefficient (Wildman–Crippen LogP) is 4.00. The zero-order valence-electron chi connectivity index (χ0n) is 14.6. The molecule has 2 N–H and O–H groups in total. The van der Waals surface area contributed by atoms with Gasteiger partial charge < -0.3 is 10.2 Å². The molecule has 2 nitrogen and oxygen atoms in total. The van der Waals surface area contributed by atoms with Gasteiger partial charge in [-0.1, -0.05) is 27.2 Å². The average Bonchev–Trinajstić information content (AvgIpc) is 2.72. The van der Waals surface area contributed by atoms with Gasteiger partial charge in [0, 0.05) is 0 Å². The van der Waals surface area contributed by atoms with Crippen molar-refractivity contribution in [1.82, 2.24) is 0 Å². The predicted molar refractivity (Wildman–Crippen MR) is 88.3 cm³/mol. The molecule has 4 unspecified atom stereocenters. The molecule has 2 heteroatoms. The van der Waals surface area contributed by atoms with Crippen molar-refractivity contribution >= 4 is 0 Å². The quantitative estimate of drug-likeness (QED) is 0.710. The molecule has 0 heterocycles. The molecule has 0 bridgehead atoms. The molecular weight excluding hydrogens is 272 g/mol. The van der Waals surface area contributed by atoms with Gasteiger partial charge in [-0.25, -0.2) is 0 Å². The van der Waals surface area contributed by atoms with Crippen molar-refractivity contribution in [3.05, 3.63) is 0 Å². The lowest BCUT2D eigenvalue weighted by Crippen LogP contribution is -2.54. The van der Waals surface area contributed by atoms with Gasteiger partial charge in [0.1, 0.15) is 0 Å². The highest BCUT2D eigenvalue weighted by Crippen LogP contribution is 2.66. The highest BCUT2D eigenvalue weighted by atomic mass is 16.3. The summed E-state index contributed by atoms with van der Waals surface area (Å²) >= 11 is 0. The van der Waals surface area contributed by atoms with Crippen LogP contribution in [0.1, 0.15) is 72.1 Å². The van der Waals surface area contributed by atoms with E-state index in [9.17, 15) is 10.2 Å². The fraction of sp³-hybridized carbons (Fsp3) is 1.00. The molecule has 4 fully saturated rings. The van der Waals surface area contributed by atoms with Gasteiger partial charge in [0.2, 0.25) is 0 Å². The third-order valence-electron chi connectivity index (χ3n) is 8.90. The lowest BCUT2D eigenvalue weighted by molar-refractivity contribution is -0.128. The van der Waals surface area contributed by atoms with Crippen molar-refractivity contribution in [3.8, 4) is 0 Å². The second kappa shape index (κ2) is 4.96. The Morgan fingerprint density at radius 3 is 2.32 bits per heavy atom.